The van der Waals surface area contributed by atoms with E-state index in [4.69, 9.17) is 5.11 Å². The summed E-state index contributed by atoms with van der Waals surface area (Å²) in [7, 11) is 0. The van der Waals surface area contributed by atoms with Gasteiger partial charge in [0.15, 0.2) is 0 Å². The lowest BCUT2D eigenvalue weighted by Crippen LogP contribution is -2.32. The molecule has 1 saturated heterocycles. The lowest BCUT2D eigenvalue weighted by Gasteiger charge is -2.16. The van der Waals surface area contributed by atoms with Crippen LogP contribution < -0.4 is 0 Å². The van der Waals surface area contributed by atoms with Gasteiger partial charge in [-0.3, -0.25) is 14.5 Å². The van der Waals surface area contributed by atoms with E-state index < -0.39 is 0 Å². The van der Waals surface area contributed by atoms with Crippen LogP contribution in [0.5, 0.6) is 0 Å². The minimum atomic E-state index is -0.0160. The fourth-order valence-electron chi connectivity index (χ4n) is 2.97. The lowest BCUT2D eigenvalue weighted by atomic mass is 10.00. The number of imide groups is 1. The van der Waals surface area contributed by atoms with E-state index >= 15 is 0 Å². The number of aliphatic hydroxyl groups is 1. The molecule has 17 heavy (non-hydrogen) atoms. The molecule has 0 spiro atoms. The normalized spacial score (nSPS) is 29.9. The maximum Gasteiger partial charge on any atom is 0.233 e. The van der Waals surface area contributed by atoms with Crippen molar-refractivity contribution < 1.29 is 14.7 Å². The van der Waals surface area contributed by atoms with E-state index in [0.717, 1.165) is 32.1 Å². The molecular weight excluding hydrogens is 218 g/mol. The molecule has 96 valence electrons. The molecule has 0 radical (unpaired) electrons. The predicted octanol–water partition coefficient (Wildman–Crippen LogP) is 1.18. The second kappa shape index (κ2) is 5.17. The van der Waals surface area contributed by atoms with Gasteiger partial charge in [-0.15, -0.1) is 0 Å². The van der Waals surface area contributed by atoms with Crippen molar-refractivity contribution in [1.82, 2.24) is 4.90 Å². The molecule has 1 aliphatic heterocycles. The van der Waals surface area contributed by atoms with E-state index in [1.54, 1.807) is 0 Å². The number of aliphatic hydroxyl groups excluding tert-OH is 1. The molecular formula is C13H21NO3. The zero-order valence-electron chi connectivity index (χ0n) is 10.4. The number of likely N-dealkylation sites (tertiary alicyclic amines) is 1. The second-order valence-corrected chi connectivity index (χ2v) is 5.40. The first-order valence-corrected chi connectivity index (χ1v) is 6.61. The highest BCUT2D eigenvalue weighted by molar-refractivity contribution is 6.05. The molecule has 2 amide bonds. The maximum absolute atomic E-state index is 12.0. The Labute approximate surface area is 102 Å². The Morgan fingerprint density at radius 1 is 1.29 bits per heavy atom. The molecule has 2 aliphatic rings. The van der Waals surface area contributed by atoms with Crippen molar-refractivity contribution in [3.05, 3.63) is 0 Å². The van der Waals surface area contributed by atoms with Gasteiger partial charge in [0.1, 0.15) is 0 Å². The minimum Gasteiger partial charge on any atom is -0.396 e. The van der Waals surface area contributed by atoms with Gasteiger partial charge >= 0.3 is 0 Å². The van der Waals surface area contributed by atoms with Crippen LogP contribution in [0.2, 0.25) is 0 Å². The topological polar surface area (TPSA) is 57.6 Å². The van der Waals surface area contributed by atoms with Gasteiger partial charge in [-0.2, -0.15) is 0 Å². The quantitative estimate of drug-likeness (QED) is 0.733. The molecule has 1 N–H and O–H groups in total. The van der Waals surface area contributed by atoms with Crippen LogP contribution in [-0.4, -0.2) is 35.0 Å². The zero-order chi connectivity index (χ0) is 12.4. The third kappa shape index (κ3) is 2.37. The van der Waals surface area contributed by atoms with Gasteiger partial charge in [0.05, 0.1) is 11.8 Å². The molecule has 4 nitrogen and oxygen atoms in total. The largest absolute Gasteiger partial charge is 0.396 e. The van der Waals surface area contributed by atoms with E-state index in [9.17, 15) is 9.59 Å². The van der Waals surface area contributed by atoms with Crippen molar-refractivity contribution in [2.45, 2.75) is 39.0 Å². The van der Waals surface area contributed by atoms with Crippen molar-refractivity contribution >= 4 is 11.8 Å². The summed E-state index contributed by atoms with van der Waals surface area (Å²) in [6, 6.07) is 0. The summed E-state index contributed by atoms with van der Waals surface area (Å²) in [6.07, 6.45) is 4.46. The van der Waals surface area contributed by atoms with Gasteiger partial charge in [-0.05, 0) is 31.6 Å². The highest BCUT2D eigenvalue weighted by Gasteiger charge is 2.49. The van der Waals surface area contributed by atoms with Gasteiger partial charge in [-0.1, -0.05) is 13.3 Å². The first-order valence-electron chi connectivity index (χ1n) is 6.61. The number of amides is 2. The molecule has 1 aliphatic carbocycles. The third-order valence-corrected chi connectivity index (χ3v) is 4.07. The Balaban J connectivity index is 1.85. The highest BCUT2D eigenvalue weighted by atomic mass is 16.3. The second-order valence-electron chi connectivity index (χ2n) is 5.40. The summed E-state index contributed by atoms with van der Waals surface area (Å²) in [5.74, 6) is 0.321. The molecule has 4 heteroatoms. The number of hydrogen-bond acceptors (Lipinski definition) is 3. The maximum atomic E-state index is 12.0. The van der Waals surface area contributed by atoms with Crippen LogP contribution in [0.25, 0.3) is 0 Å². The van der Waals surface area contributed by atoms with E-state index in [2.05, 4.69) is 0 Å². The number of carbonyl (C=O) groups is 2. The molecule has 2 rings (SSSR count). The fourth-order valence-corrected chi connectivity index (χ4v) is 2.97. The Kier molecular flexibility index (Phi) is 3.82. The number of fused-ring (bicyclic) bond motifs is 1. The van der Waals surface area contributed by atoms with Crippen LogP contribution in [0.1, 0.15) is 39.0 Å². The van der Waals surface area contributed by atoms with E-state index in [1.807, 2.05) is 6.92 Å². The summed E-state index contributed by atoms with van der Waals surface area (Å²) >= 11 is 0. The Hall–Kier alpha value is -0.900. The number of rotatable bonds is 5. The van der Waals surface area contributed by atoms with E-state index in [1.165, 1.54) is 4.90 Å². The van der Waals surface area contributed by atoms with Crippen LogP contribution >= 0.6 is 0 Å². The molecule has 3 unspecified atom stereocenters. The standard InChI is InChI=1S/C13H21NO3/c1-9(8-15)4-3-7-14-12(16)10-5-2-6-11(10)13(14)17/h9-11,15H,2-8H2,1H3. The molecule has 0 bridgehead atoms. The number of carbonyl (C=O) groups excluding carboxylic acids is 2. The predicted molar refractivity (Wildman–Crippen MR) is 63.0 cm³/mol. The van der Waals surface area contributed by atoms with Crippen molar-refractivity contribution in [3.8, 4) is 0 Å². The first-order chi connectivity index (χ1) is 8.15. The van der Waals surface area contributed by atoms with Crippen LogP contribution in [0, 0.1) is 17.8 Å². The molecule has 1 heterocycles. The summed E-state index contributed by atoms with van der Waals surface area (Å²) in [4.78, 5) is 25.5. The third-order valence-electron chi connectivity index (χ3n) is 4.07. The van der Waals surface area contributed by atoms with Crippen molar-refractivity contribution in [3.63, 3.8) is 0 Å². The zero-order valence-corrected chi connectivity index (χ0v) is 10.4. The summed E-state index contributed by atoms with van der Waals surface area (Å²) in [5.41, 5.74) is 0. The van der Waals surface area contributed by atoms with Gasteiger partial charge in [0, 0.05) is 13.2 Å². The van der Waals surface area contributed by atoms with Gasteiger partial charge < -0.3 is 5.11 Å². The summed E-state index contributed by atoms with van der Waals surface area (Å²) in [5, 5.41) is 8.91. The first kappa shape index (κ1) is 12.6. The summed E-state index contributed by atoms with van der Waals surface area (Å²) in [6.45, 7) is 2.69. The Morgan fingerprint density at radius 2 is 1.88 bits per heavy atom. The number of nitrogens with zero attached hydrogens (tertiary/aromatic N) is 1. The van der Waals surface area contributed by atoms with E-state index in [0.29, 0.717) is 6.54 Å². The molecule has 0 aromatic rings. The molecule has 0 aromatic carbocycles. The Morgan fingerprint density at radius 3 is 2.41 bits per heavy atom. The van der Waals surface area contributed by atoms with Gasteiger partial charge in [0.25, 0.3) is 0 Å². The van der Waals surface area contributed by atoms with Crippen LogP contribution in [0.15, 0.2) is 0 Å². The smallest absolute Gasteiger partial charge is 0.233 e. The molecule has 1 saturated carbocycles. The minimum absolute atomic E-state index is 0.0160. The van der Waals surface area contributed by atoms with Crippen LogP contribution in [0.3, 0.4) is 0 Å². The van der Waals surface area contributed by atoms with E-state index in [-0.39, 0.29) is 36.2 Å². The lowest BCUT2D eigenvalue weighted by molar-refractivity contribution is -0.140. The molecule has 2 fully saturated rings. The highest BCUT2D eigenvalue weighted by Crippen LogP contribution is 2.39. The average Bonchev–Trinajstić information content (AvgIpc) is 2.88. The van der Waals surface area contributed by atoms with Crippen molar-refractivity contribution in [1.29, 1.82) is 0 Å². The molecule has 0 aromatic heterocycles. The van der Waals surface area contributed by atoms with Crippen LogP contribution in [0.4, 0.5) is 0 Å². The summed E-state index contributed by atoms with van der Waals surface area (Å²) < 4.78 is 0. The monoisotopic (exact) mass is 239 g/mol. The number of hydrogen-bond donors (Lipinski definition) is 1. The molecule has 3 atom stereocenters. The van der Waals surface area contributed by atoms with Gasteiger partial charge in [-0.25, -0.2) is 0 Å². The fraction of sp³-hybridized carbons (Fsp3) is 0.846. The average molecular weight is 239 g/mol. The van der Waals surface area contributed by atoms with Crippen molar-refractivity contribution in [2.75, 3.05) is 13.2 Å². The Bertz CT molecular complexity index is 294. The van der Waals surface area contributed by atoms with Crippen LogP contribution in [-0.2, 0) is 9.59 Å². The SMILES string of the molecule is CC(CO)CCCN1C(=O)C2CCCC2C1=O. The van der Waals surface area contributed by atoms with Crippen molar-refractivity contribution in [2.24, 2.45) is 17.8 Å². The van der Waals surface area contributed by atoms with Gasteiger partial charge in [0.2, 0.25) is 11.8 Å².